The summed E-state index contributed by atoms with van der Waals surface area (Å²) < 4.78 is 7.37. The van der Waals surface area contributed by atoms with Crippen LogP contribution in [0.15, 0.2) is 30.3 Å². The molecular formula is C25H36N4O3. The molecule has 2 heterocycles. The number of benzene rings is 1. The summed E-state index contributed by atoms with van der Waals surface area (Å²) in [6, 6.07) is 9.85. The van der Waals surface area contributed by atoms with Crippen molar-refractivity contribution in [2.75, 3.05) is 52.9 Å². The van der Waals surface area contributed by atoms with Gasteiger partial charge in [0.05, 0.1) is 19.2 Å². The van der Waals surface area contributed by atoms with Crippen molar-refractivity contribution >= 4 is 11.8 Å². The molecule has 0 radical (unpaired) electrons. The molecule has 1 aliphatic heterocycles. The van der Waals surface area contributed by atoms with Crippen molar-refractivity contribution in [3.05, 3.63) is 47.3 Å². The van der Waals surface area contributed by atoms with Crippen LogP contribution in [0.25, 0.3) is 5.69 Å². The molecule has 3 rings (SSSR count). The zero-order valence-corrected chi connectivity index (χ0v) is 20.1. The quantitative estimate of drug-likeness (QED) is 0.664. The first-order chi connectivity index (χ1) is 15.4. The van der Waals surface area contributed by atoms with Crippen molar-refractivity contribution < 1.29 is 14.3 Å². The molecule has 0 unspecified atom stereocenters. The molecule has 0 bridgehead atoms. The number of hydrogen-bond acceptors (Lipinski definition) is 4. The molecule has 32 heavy (non-hydrogen) atoms. The first-order valence-corrected chi connectivity index (χ1v) is 11.5. The fraction of sp³-hybridized carbons (Fsp3) is 0.520. The van der Waals surface area contributed by atoms with Crippen LogP contribution in [0.5, 0.6) is 5.75 Å². The number of aryl methyl sites for hydroxylation is 1. The molecule has 0 atom stereocenters. The van der Waals surface area contributed by atoms with Crippen LogP contribution in [0.2, 0.25) is 0 Å². The van der Waals surface area contributed by atoms with E-state index in [-0.39, 0.29) is 11.8 Å². The average molecular weight is 441 g/mol. The number of rotatable bonds is 7. The van der Waals surface area contributed by atoms with Crippen molar-refractivity contribution in [2.24, 2.45) is 0 Å². The van der Waals surface area contributed by atoms with Crippen LogP contribution < -0.4 is 4.74 Å². The van der Waals surface area contributed by atoms with Crippen molar-refractivity contribution in [3.63, 3.8) is 0 Å². The van der Waals surface area contributed by atoms with Crippen molar-refractivity contribution in [1.29, 1.82) is 0 Å². The topological polar surface area (TPSA) is 58.0 Å². The second-order valence-electron chi connectivity index (χ2n) is 8.31. The van der Waals surface area contributed by atoms with Gasteiger partial charge in [-0.25, -0.2) is 0 Å². The van der Waals surface area contributed by atoms with Crippen LogP contribution in [0.3, 0.4) is 0 Å². The van der Waals surface area contributed by atoms with Gasteiger partial charge < -0.3 is 19.1 Å². The number of ether oxygens (including phenoxy) is 1. The van der Waals surface area contributed by atoms with E-state index in [2.05, 4.69) is 9.47 Å². The molecule has 1 aliphatic rings. The highest BCUT2D eigenvalue weighted by Crippen LogP contribution is 2.24. The Hall–Kier alpha value is -2.80. The van der Waals surface area contributed by atoms with Crippen molar-refractivity contribution in [3.8, 4) is 11.4 Å². The number of amides is 2. The molecule has 0 aliphatic carbocycles. The van der Waals surface area contributed by atoms with Crippen molar-refractivity contribution in [2.45, 2.75) is 34.1 Å². The number of carbonyl (C=O) groups is 2. The molecular weight excluding hydrogens is 404 g/mol. The smallest absolute Gasteiger partial charge is 0.255 e. The van der Waals surface area contributed by atoms with Gasteiger partial charge in [-0.15, -0.1) is 0 Å². The highest BCUT2D eigenvalue weighted by atomic mass is 16.5. The lowest BCUT2D eigenvalue weighted by Gasteiger charge is -2.25. The maximum Gasteiger partial charge on any atom is 0.255 e. The largest absolute Gasteiger partial charge is 0.497 e. The summed E-state index contributed by atoms with van der Waals surface area (Å²) >= 11 is 0. The molecule has 7 heteroatoms. The van der Waals surface area contributed by atoms with Crippen LogP contribution in [-0.4, -0.2) is 84.0 Å². The van der Waals surface area contributed by atoms with Gasteiger partial charge in [0.1, 0.15) is 5.75 Å². The average Bonchev–Trinajstić information content (AvgIpc) is 2.94. The predicted octanol–water partition coefficient (Wildman–Crippen LogP) is 3.12. The third kappa shape index (κ3) is 5.15. The van der Waals surface area contributed by atoms with Crippen LogP contribution in [0.1, 0.15) is 42.0 Å². The highest BCUT2D eigenvalue weighted by molar-refractivity contribution is 5.96. The van der Waals surface area contributed by atoms with Gasteiger partial charge in [0.25, 0.3) is 5.91 Å². The Morgan fingerprint density at radius 2 is 1.69 bits per heavy atom. The van der Waals surface area contributed by atoms with Crippen LogP contribution >= 0.6 is 0 Å². The second-order valence-corrected chi connectivity index (χ2v) is 8.31. The van der Waals surface area contributed by atoms with E-state index in [0.717, 1.165) is 61.0 Å². The normalized spacial score (nSPS) is 14.8. The van der Waals surface area contributed by atoms with E-state index >= 15 is 0 Å². The minimum absolute atomic E-state index is 0.0646. The van der Waals surface area contributed by atoms with E-state index in [0.29, 0.717) is 19.6 Å². The number of likely N-dealkylation sites (N-methyl/N-ethyl adjacent to an activating group) is 1. The number of methoxy groups -OCH3 is 1. The Morgan fingerprint density at radius 1 is 1.00 bits per heavy atom. The van der Waals surface area contributed by atoms with Crippen LogP contribution in [-0.2, 0) is 4.79 Å². The molecule has 0 N–H and O–H groups in total. The van der Waals surface area contributed by atoms with E-state index in [1.807, 2.05) is 67.8 Å². The summed E-state index contributed by atoms with van der Waals surface area (Å²) in [6.07, 6.45) is 0.870. The monoisotopic (exact) mass is 440 g/mol. The van der Waals surface area contributed by atoms with Gasteiger partial charge in [0.2, 0.25) is 5.91 Å². The standard InChI is InChI=1S/C25H36N4O3/c1-6-27(7-2)24(30)18-26-13-8-14-28(16-15-26)25(31)23-17-19(3)29(20(23)4)21-9-11-22(32-5)12-10-21/h9-12,17H,6-8,13-16,18H2,1-5H3. The number of carbonyl (C=O) groups excluding carboxylic acids is 2. The van der Waals surface area contributed by atoms with E-state index in [4.69, 9.17) is 4.74 Å². The third-order valence-corrected chi connectivity index (χ3v) is 6.34. The minimum atomic E-state index is 0.0646. The minimum Gasteiger partial charge on any atom is -0.497 e. The molecule has 2 aromatic rings. The van der Waals surface area contributed by atoms with E-state index in [9.17, 15) is 9.59 Å². The lowest BCUT2D eigenvalue weighted by atomic mass is 10.2. The highest BCUT2D eigenvalue weighted by Gasteiger charge is 2.25. The molecule has 2 amide bonds. The Morgan fingerprint density at radius 3 is 2.31 bits per heavy atom. The predicted molar refractivity (Wildman–Crippen MR) is 127 cm³/mol. The molecule has 0 spiro atoms. The first-order valence-electron chi connectivity index (χ1n) is 11.5. The van der Waals surface area contributed by atoms with Gasteiger partial charge in [-0.1, -0.05) is 0 Å². The third-order valence-electron chi connectivity index (χ3n) is 6.34. The summed E-state index contributed by atoms with van der Waals surface area (Å²) in [4.78, 5) is 31.8. The fourth-order valence-electron chi connectivity index (χ4n) is 4.48. The number of aromatic nitrogens is 1. The van der Waals surface area contributed by atoms with Crippen LogP contribution in [0, 0.1) is 13.8 Å². The SMILES string of the molecule is CCN(CC)C(=O)CN1CCCN(C(=O)c2cc(C)n(-c3ccc(OC)cc3)c2C)CC1. The molecule has 0 saturated carbocycles. The van der Waals surface area contributed by atoms with Crippen molar-refractivity contribution in [1.82, 2.24) is 19.3 Å². The molecule has 1 fully saturated rings. The first kappa shape index (κ1) is 23.9. The molecule has 174 valence electrons. The summed E-state index contributed by atoms with van der Waals surface area (Å²) in [5.74, 6) is 1.04. The molecule has 7 nitrogen and oxygen atoms in total. The van der Waals surface area contributed by atoms with Gasteiger partial charge in [0.15, 0.2) is 0 Å². The zero-order valence-electron chi connectivity index (χ0n) is 20.1. The summed E-state index contributed by atoms with van der Waals surface area (Å²) in [6.45, 7) is 12.8. The van der Waals surface area contributed by atoms with Gasteiger partial charge in [-0.2, -0.15) is 0 Å². The Labute approximate surface area is 191 Å². The maximum atomic E-state index is 13.4. The molecule has 1 saturated heterocycles. The van der Waals surface area contributed by atoms with E-state index in [1.165, 1.54) is 0 Å². The molecule has 1 aromatic heterocycles. The fourth-order valence-corrected chi connectivity index (χ4v) is 4.48. The second kappa shape index (κ2) is 10.7. The van der Waals surface area contributed by atoms with Gasteiger partial charge in [-0.3, -0.25) is 14.5 Å². The molecule has 1 aromatic carbocycles. The zero-order chi connectivity index (χ0) is 23.3. The summed E-state index contributed by atoms with van der Waals surface area (Å²) in [5.41, 5.74) is 3.72. The Bertz CT molecular complexity index is 931. The maximum absolute atomic E-state index is 13.4. The lowest BCUT2D eigenvalue weighted by molar-refractivity contribution is -0.132. The van der Waals surface area contributed by atoms with E-state index in [1.54, 1.807) is 7.11 Å². The van der Waals surface area contributed by atoms with E-state index < -0.39 is 0 Å². The number of nitrogens with zero attached hydrogens (tertiary/aromatic N) is 4. The van der Waals surface area contributed by atoms with Gasteiger partial charge in [0, 0.05) is 56.3 Å². The Balaban J connectivity index is 1.70. The summed E-state index contributed by atoms with van der Waals surface area (Å²) in [7, 11) is 1.65. The lowest BCUT2D eigenvalue weighted by Crippen LogP contribution is -2.42. The van der Waals surface area contributed by atoms with Gasteiger partial charge in [-0.05, 0) is 64.4 Å². The van der Waals surface area contributed by atoms with Crippen LogP contribution in [0.4, 0.5) is 0 Å². The van der Waals surface area contributed by atoms with Gasteiger partial charge >= 0.3 is 0 Å². The number of hydrogen-bond donors (Lipinski definition) is 0. The Kier molecular flexibility index (Phi) is 7.96. The summed E-state index contributed by atoms with van der Waals surface area (Å²) in [5, 5.41) is 0.